The zero-order valence-corrected chi connectivity index (χ0v) is 11.1. The van der Waals surface area contributed by atoms with Crippen molar-refractivity contribution in [1.29, 1.82) is 0 Å². The number of rotatable bonds is 3. The maximum absolute atomic E-state index is 12.2. The molecule has 2 aliphatic carbocycles. The quantitative estimate of drug-likeness (QED) is 0.862. The van der Waals surface area contributed by atoms with Crippen molar-refractivity contribution in [2.24, 2.45) is 17.8 Å². The van der Waals surface area contributed by atoms with Crippen LogP contribution in [-0.4, -0.2) is 16.1 Å². The lowest BCUT2D eigenvalue weighted by atomic mass is 10.0. The van der Waals surface area contributed by atoms with E-state index < -0.39 is 0 Å². The van der Waals surface area contributed by atoms with Crippen molar-refractivity contribution in [2.45, 2.75) is 45.4 Å². The van der Waals surface area contributed by atoms with Gasteiger partial charge in [-0.05, 0) is 30.6 Å². The fourth-order valence-corrected chi connectivity index (χ4v) is 3.29. The first-order valence-corrected chi connectivity index (χ1v) is 7.03. The molecule has 1 heterocycles. The molecule has 98 valence electrons. The van der Waals surface area contributed by atoms with Crippen LogP contribution in [0.2, 0.25) is 0 Å². The van der Waals surface area contributed by atoms with Crippen LogP contribution in [0, 0.1) is 17.8 Å². The standard InChI is InChI=1S/C14H21N3O/c1-8(2)11-7-12(17-16-11)15-14(18)13-9-5-3-4-6-10(9)13/h7-10,13H,3-6H2,1-2H3,(H2,15,16,17,18). The summed E-state index contributed by atoms with van der Waals surface area (Å²) < 4.78 is 0. The van der Waals surface area contributed by atoms with E-state index in [-0.39, 0.29) is 11.8 Å². The molecule has 1 aromatic rings. The molecule has 1 aromatic heterocycles. The van der Waals surface area contributed by atoms with Gasteiger partial charge in [0.1, 0.15) is 0 Å². The molecule has 0 aliphatic heterocycles. The molecule has 2 aliphatic rings. The third-order valence-electron chi connectivity index (χ3n) is 4.43. The smallest absolute Gasteiger partial charge is 0.229 e. The van der Waals surface area contributed by atoms with Gasteiger partial charge >= 0.3 is 0 Å². The Morgan fingerprint density at radius 1 is 1.39 bits per heavy atom. The number of hydrogen-bond acceptors (Lipinski definition) is 2. The fourth-order valence-electron chi connectivity index (χ4n) is 3.29. The minimum atomic E-state index is 0.175. The van der Waals surface area contributed by atoms with Crippen molar-refractivity contribution in [3.8, 4) is 0 Å². The maximum Gasteiger partial charge on any atom is 0.229 e. The summed E-state index contributed by atoms with van der Waals surface area (Å²) in [5.41, 5.74) is 1.07. The number of hydrogen-bond donors (Lipinski definition) is 2. The highest BCUT2D eigenvalue weighted by molar-refractivity contribution is 5.94. The van der Waals surface area contributed by atoms with E-state index in [9.17, 15) is 4.79 Å². The van der Waals surface area contributed by atoms with Crippen molar-refractivity contribution >= 4 is 11.7 Å². The van der Waals surface area contributed by atoms with Gasteiger partial charge < -0.3 is 5.32 Å². The van der Waals surface area contributed by atoms with Crippen molar-refractivity contribution in [3.05, 3.63) is 11.8 Å². The number of carbonyl (C=O) groups excluding carboxylic acids is 1. The Kier molecular flexibility index (Phi) is 2.88. The van der Waals surface area contributed by atoms with Crippen molar-refractivity contribution in [1.82, 2.24) is 10.2 Å². The van der Waals surface area contributed by atoms with Crippen molar-refractivity contribution < 1.29 is 4.79 Å². The molecule has 2 N–H and O–H groups in total. The van der Waals surface area contributed by atoms with Crippen LogP contribution in [0.15, 0.2) is 6.07 Å². The van der Waals surface area contributed by atoms with Crippen molar-refractivity contribution in [2.75, 3.05) is 5.32 Å². The Hall–Kier alpha value is -1.32. The lowest BCUT2D eigenvalue weighted by Gasteiger charge is -2.04. The molecule has 0 saturated heterocycles. The Labute approximate surface area is 108 Å². The summed E-state index contributed by atoms with van der Waals surface area (Å²) in [6.07, 6.45) is 5.07. The van der Waals surface area contributed by atoms with Gasteiger partial charge in [0.15, 0.2) is 5.82 Å². The molecule has 2 unspecified atom stereocenters. The van der Waals surface area contributed by atoms with Gasteiger partial charge in [-0.15, -0.1) is 0 Å². The SMILES string of the molecule is CC(C)c1cc(NC(=O)C2C3CCCCC32)n[nH]1. The third kappa shape index (κ3) is 2.04. The van der Waals surface area contributed by atoms with Crippen LogP contribution in [0.1, 0.15) is 51.1 Å². The average Bonchev–Trinajstić information content (AvgIpc) is 2.90. The maximum atomic E-state index is 12.2. The Bertz CT molecular complexity index is 440. The molecule has 0 radical (unpaired) electrons. The fraction of sp³-hybridized carbons (Fsp3) is 0.714. The molecule has 2 saturated carbocycles. The van der Waals surface area contributed by atoms with Gasteiger partial charge in [0.2, 0.25) is 5.91 Å². The van der Waals surface area contributed by atoms with Crippen LogP contribution in [-0.2, 0) is 4.79 Å². The van der Waals surface area contributed by atoms with Gasteiger partial charge in [-0.2, -0.15) is 5.10 Å². The molecule has 4 heteroatoms. The molecule has 0 aromatic carbocycles. The zero-order chi connectivity index (χ0) is 12.7. The summed E-state index contributed by atoms with van der Waals surface area (Å²) in [7, 11) is 0. The summed E-state index contributed by atoms with van der Waals surface area (Å²) in [5.74, 6) is 2.82. The highest BCUT2D eigenvalue weighted by atomic mass is 16.2. The molecule has 18 heavy (non-hydrogen) atoms. The van der Waals surface area contributed by atoms with Gasteiger partial charge in [-0.1, -0.05) is 26.7 Å². The number of H-pyrrole nitrogens is 1. The van der Waals surface area contributed by atoms with E-state index in [0.29, 0.717) is 23.6 Å². The summed E-state index contributed by atoms with van der Waals surface area (Å²) in [6.45, 7) is 4.21. The molecule has 4 nitrogen and oxygen atoms in total. The van der Waals surface area contributed by atoms with Gasteiger partial charge in [0.05, 0.1) is 0 Å². The lowest BCUT2D eigenvalue weighted by molar-refractivity contribution is -0.117. The Morgan fingerprint density at radius 3 is 2.61 bits per heavy atom. The number of nitrogens with zero attached hydrogens (tertiary/aromatic N) is 1. The van der Waals surface area contributed by atoms with Gasteiger partial charge in [-0.3, -0.25) is 9.89 Å². The number of nitrogens with one attached hydrogen (secondary N) is 2. The van der Waals surface area contributed by atoms with Crippen LogP contribution < -0.4 is 5.32 Å². The number of fused-ring (bicyclic) bond motifs is 1. The second kappa shape index (κ2) is 4.41. The van der Waals surface area contributed by atoms with Crippen LogP contribution in [0.5, 0.6) is 0 Å². The largest absolute Gasteiger partial charge is 0.309 e. The Morgan fingerprint density at radius 2 is 2.06 bits per heavy atom. The van der Waals surface area contributed by atoms with E-state index in [4.69, 9.17) is 0 Å². The van der Waals surface area contributed by atoms with Gasteiger partial charge in [0, 0.05) is 17.7 Å². The van der Waals surface area contributed by atoms with Crippen LogP contribution in [0.25, 0.3) is 0 Å². The van der Waals surface area contributed by atoms with E-state index in [1.54, 1.807) is 0 Å². The number of carbonyl (C=O) groups is 1. The van der Waals surface area contributed by atoms with Gasteiger partial charge in [-0.25, -0.2) is 0 Å². The molecular weight excluding hydrogens is 226 g/mol. The van der Waals surface area contributed by atoms with E-state index in [0.717, 1.165) is 5.69 Å². The monoisotopic (exact) mass is 247 g/mol. The summed E-state index contributed by atoms with van der Waals surface area (Å²) >= 11 is 0. The summed E-state index contributed by atoms with van der Waals surface area (Å²) in [6, 6.07) is 1.94. The average molecular weight is 247 g/mol. The van der Waals surface area contributed by atoms with E-state index >= 15 is 0 Å². The topological polar surface area (TPSA) is 57.8 Å². The van der Waals surface area contributed by atoms with E-state index in [1.165, 1.54) is 25.7 Å². The molecule has 0 spiro atoms. The number of aromatic amines is 1. The van der Waals surface area contributed by atoms with Crippen molar-refractivity contribution in [3.63, 3.8) is 0 Å². The normalized spacial score (nSPS) is 30.1. The van der Waals surface area contributed by atoms with E-state index in [2.05, 4.69) is 29.4 Å². The minimum Gasteiger partial charge on any atom is -0.309 e. The highest BCUT2D eigenvalue weighted by Gasteiger charge is 2.54. The second-order valence-corrected chi connectivity index (χ2v) is 5.99. The number of aromatic nitrogens is 2. The van der Waals surface area contributed by atoms with Gasteiger partial charge in [0.25, 0.3) is 0 Å². The van der Waals surface area contributed by atoms with E-state index in [1.807, 2.05) is 6.07 Å². The summed E-state index contributed by atoms with van der Waals surface area (Å²) in [4.78, 5) is 12.2. The van der Waals surface area contributed by atoms with Crippen LogP contribution >= 0.6 is 0 Å². The number of amides is 1. The molecule has 0 bridgehead atoms. The predicted molar refractivity (Wildman–Crippen MR) is 70.2 cm³/mol. The molecule has 2 fully saturated rings. The Balaban J connectivity index is 1.61. The summed E-state index contributed by atoms with van der Waals surface area (Å²) in [5, 5.41) is 10.1. The second-order valence-electron chi connectivity index (χ2n) is 5.99. The van der Waals surface area contributed by atoms with Crippen LogP contribution in [0.4, 0.5) is 5.82 Å². The minimum absolute atomic E-state index is 0.175. The first-order chi connectivity index (χ1) is 8.66. The molecule has 2 atom stereocenters. The first-order valence-electron chi connectivity index (χ1n) is 7.03. The third-order valence-corrected chi connectivity index (χ3v) is 4.43. The predicted octanol–water partition coefficient (Wildman–Crippen LogP) is 2.91. The molecular formula is C14H21N3O. The highest BCUT2D eigenvalue weighted by Crippen LogP contribution is 2.55. The molecule has 1 amide bonds. The molecule has 3 rings (SSSR count). The number of anilines is 1. The lowest BCUT2D eigenvalue weighted by Crippen LogP contribution is -2.15. The zero-order valence-electron chi connectivity index (χ0n) is 11.1. The first kappa shape index (κ1) is 11.8. The van der Waals surface area contributed by atoms with Crippen LogP contribution in [0.3, 0.4) is 0 Å².